The van der Waals surface area contributed by atoms with Crippen LogP contribution < -0.4 is 15.5 Å². The molecule has 1 aromatic rings. The van der Waals surface area contributed by atoms with Crippen LogP contribution in [0.4, 0.5) is 11.9 Å². The maximum absolute atomic E-state index is 11.4. The van der Waals surface area contributed by atoms with Gasteiger partial charge in [-0.3, -0.25) is 9.59 Å². The first-order chi connectivity index (χ1) is 9.33. The fourth-order valence-corrected chi connectivity index (χ4v) is 1.36. The number of nitrogens with one attached hydrogen (secondary N) is 2. The van der Waals surface area contributed by atoms with Gasteiger partial charge in [0.05, 0.1) is 0 Å². The van der Waals surface area contributed by atoms with Crippen LogP contribution in [-0.4, -0.2) is 59.1 Å². The molecule has 0 spiro atoms. The van der Waals surface area contributed by atoms with Crippen molar-refractivity contribution in [1.29, 1.82) is 0 Å². The van der Waals surface area contributed by atoms with Crippen LogP contribution >= 0.6 is 0 Å². The number of aromatic nitrogens is 3. The Labute approximate surface area is 116 Å². The van der Waals surface area contributed by atoms with E-state index in [1.807, 2.05) is 0 Å². The molecule has 9 heteroatoms. The summed E-state index contributed by atoms with van der Waals surface area (Å²) in [5.41, 5.74) is 0. The molecule has 0 aliphatic heterocycles. The highest BCUT2D eigenvalue weighted by atomic mass is 16.4. The molecule has 1 aromatic heterocycles. The minimum absolute atomic E-state index is 0.128. The Kier molecular flexibility index (Phi) is 5.18. The SMILES string of the molecule is CNC(=O)C(C)Nc1nc(CC(=O)O)nc(N(C)C)n1. The number of carbonyl (C=O) groups excluding carboxylic acids is 1. The van der Waals surface area contributed by atoms with E-state index in [9.17, 15) is 9.59 Å². The van der Waals surface area contributed by atoms with Crippen LogP contribution in [0.5, 0.6) is 0 Å². The smallest absolute Gasteiger partial charge is 0.311 e. The third-order valence-corrected chi connectivity index (χ3v) is 2.36. The Balaban J connectivity index is 3.02. The summed E-state index contributed by atoms with van der Waals surface area (Å²) in [6.45, 7) is 1.65. The lowest BCUT2D eigenvalue weighted by Gasteiger charge is -2.15. The van der Waals surface area contributed by atoms with Crippen molar-refractivity contribution in [3.63, 3.8) is 0 Å². The normalized spacial score (nSPS) is 11.6. The van der Waals surface area contributed by atoms with Crippen molar-refractivity contribution in [2.75, 3.05) is 31.4 Å². The molecule has 3 N–H and O–H groups in total. The van der Waals surface area contributed by atoms with Gasteiger partial charge in [-0.15, -0.1) is 0 Å². The number of carbonyl (C=O) groups is 2. The summed E-state index contributed by atoms with van der Waals surface area (Å²) in [5.74, 6) is -0.649. The van der Waals surface area contributed by atoms with Crippen LogP contribution in [0.15, 0.2) is 0 Å². The minimum atomic E-state index is -1.04. The summed E-state index contributed by atoms with van der Waals surface area (Å²) in [6.07, 6.45) is -0.313. The average molecular weight is 282 g/mol. The zero-order chi connectivity index (χ0) is 15.3. The van der Waals surface area contributed by atoms with Crippen molar-refractivity contribution in [1.82, 2.24) is 20.3 Å². The molecule has 1 atom stereocenters. The van der Waals surface area contributed by atoms with Crippen molar-refractivity contribution >= 4 is 23.8 Å². The molecule has 0 aliphatic carbocycles. The number of likely N-dealkylation sites (N-methyl/N-ethyl adjacent to an activating group) is 1. The highest BCUT2D eigenvalue weighted by Crippen LogP contribution is 2.09. The van der Waals surface area contributed by atoms with E-state index >= 15 is 0 Å². The minimum Gasteiger partial charge on any atom is -0.481 e. The number of hydrogen-bond donors (Lipinski definition) is 3. The maximum Gasteiger partial charge on any atom is 0.311 e. The Morgan fingerprint density at radius 3 is 2.45 bits per heavy atom. The second-order valence-electron chi connectivity index (χ2n) is 4.32. The van der Waals surface area contributed by atoms with Gasteiger partial charge >= 0.3 is 5.97 Å². The van der Waals surface area contributed by atoms with E-state index in [4.69, 9.17) is 5.11 Å². The van der Waals surface area contributed by atoms with Crippen LogP contribution in [0.1, 0.15) is 12.7 Å². The summed E-state index contributed by atoms with van der Waals surface area (Å²) in [6, 6.07) is -0.546. The Bertz CT molecular complexity index is 505. The van der Waals surface area contributed by atoms with Crippen LogP contribution in [0.2, 0.25) is 0 Å². The van der Waals surface area contributed by atoms with Crippen molar-refractivity contribution in [3.8, 4) is 0 Å². The Morgan fingerprint density at radius 1 is 1.30 bits per heavy atom. The summed E-state index contributed by atoms with van der Waals surface area (Å²) >= 11 is 0. The molecule has 0 fully saturated rings. The first-order valence-corrected chi connectivity index (χ1v) is 5.95. The van der Waals surface area contributed by atoms with Gasteiger partial charge in [-0.1, -0.05) is 0 Å². The van der Waals surface area contributed by atoms with E-state index in [0.29, 0.717) is 5.95 Å². The third-order valence-electron chi connectivity index (χ3n) is 2.36. The highest BCUT2D eigenvalue weighted by molar-refractivity contribution is 5.83. The van der Waals surface area contributed by atoms with Crippen LogP contribution in [-0.2, 0) is 16.0 Å². The average Bonchev–Trinajstić information content (AvgIpc) is 2.36. The maximum atomic E-state index is 11.4. The summed E-state index contributed by atoms with van der Waals surface area (Å²) in [5, 5.41) is 14.1. The Hall–Kier alpha value is -2.45. The molecule has 1 unspecified atom stereocenters. The predicted molar refractivity (Wildman–Crippen MR) is 72.6 cm³/mol. The molecule has 0 radical (unpaired) electrons. The standard InChI is InChI=1S/C11H18N6O3/c1-6(9(20)12-2)13-10-14-7(5-8(18)19)15-11(16-10)17(3)4/h6H,5H2,1-4H3,(H,12,20)(H,18,19)(H,13,14,15,16). The number of nitrogens with zero attached hydrogens (tertiary/aromatic N) is 4. The van der Waals surface area contributed by atoms with Crippen LogP contribution in [0.3, 0.4) is 0 Å². The number of anilines is 2. The molecule has 110 valence electrons. The fraction of sp³-hybridized carbons (Fsp3) is 0.545. The topological polar surface area (TPSA) is 120 Å². The quantitative estimate of drug-likeness (QED) is 0.614. The number of rotatable bonds is 6. The highest BCUT2D eigenvalue weighted by Gasteiger charge is 2.15. The van der Waals surface area contributed by atoms with Gasteiger partial charge in [-0.25, -0.2) is 0 Å². The van der Waals surface area contributed by atoms with E-state index in [0.717, 1.165) is 0 Å². The molecule has 0 saturated carbocycles. The van der Waals surface area contributed by atoms with Crippen molar-refractivity contribution < 1.29 is 14.7 Å². The van der Waals surface area contributed by atoms with Gasteiger partial charge in [0.25, 0.3) is 0 Å². The molecule has 1 heterocycles. The molecule has 0 saturated heterocycles. The van der Waals surface area contributed by atoms with Crippen LogP contribution in [0.25, 0.3) is 0 Å². The monoisotopic (exact) mass is 282 g/mol. The number of amides is 1. The first-order valence-electron chi connectivity index (χ1n) is 5.95. The molecule has 0 bridgehead atoms. The van der Waals surface area contributed by atoms with E-state index in [1.54, 1.807) is 25.9 Å². The lowest BCUT2D eigenvalue weighted by molar-refractivity contribution is -0.136. The largest absolute Gasteiger partial charge is 0.481 e. The van der Waals surface area contributed by atoms with Crippen molar-refractivity contribution in [3.05, 3.63) is 5.82 Å². The van der Waals surface area contributed by atoms with Gasteiger partial charge in [0.1, 0.15) is 18.3 Å². The number of aliphatic carboxylic acids is 1. The zero-order valence-corrected chi connectivity index (χ0v) is 11.8. The summed E-state index contributed by atoms with van der Waals surface area (Å²) < 4.78 is 0. The lowest BCUT2D eigenvalue weighted by atomic mass is 10.3. The first kappa shape index (κ1) is 15.6. The van der Waals surface area contributed by atoms with E-state index in [-0.39, 0.29) is 24.1 Å². The van der Waals surface area contributed by atoms with Gasteiger partial charge in [0, 0.05) is 21.1 Å². The van der Waals surface area contributed by atoms with E-state index in [2.05, 4.69) is 25.6 Å². The van der Waals surface area contributed by atoms with Gasteiger partial charge in [0.2, 0.25) is 17.8 Å². The van der Waals surface area contributed by atoms with E-state index in [1.165, 1.54) is 7.05 Å². The van der Waals surface area contributed by atoms with Crippen molar-refractivity contribution in [2.45, 2.75) is 19.4 Å². The number of carboxylic acid groups (broad SMARTS) is 1. The predicted octanol–water partition coefficient (Wildman–Crippen LogP) is -0.889. The molecule has 1 rings (SSSR count). The van der Waals surface area contributed by atoms with Gasteiger partial charge in [0.15, 0.2) is 0 Å². The molecular weight excluding hydrogens is 264 g/mol. The van der Waals surface area contributed by atoms with Gasteiger partial charge in [-0.2, -0.15) is 15.0 Å². The molecule has 0 aromatic carbocycles. The second kappa shape index (κ2) is 6.64. The van der Waals surface area contributed by atoms with Crippen molar-refractivity contribution in [2.24, 2.45) is 0 Å². The lowest BCUT2D eigenvalue weighted by Crippen LogP contribution is -2.36. The molecule has 1 amide bonds. The van der Waals surface area contributed by atoms with Crippen LogP contribution in [0, 0.1) is 0 Å². The number of hydrogen-bond acceptors (Lipinski definition) is 7. The fourth-order valence-electron chi connectivity index (χ4n) is 1.36. The zero-order valence-electron chi connectivity index (χ0n) is 11.8. The molecule has 0 aliphatic rings. The molecule has 9 nitrogen and oxygen atoms in total. The summed E-state index contributed by atoms with van der Waals surface area (Å²) in [4.78, 5) is 36.0. The van der Waals surface area contributed by atoms with Gasteiger partial charge < -0.3 is 20.6 Å². The summed E-state index contributed by atoms with van der Waals surface area (Å²) in [7, 11) is 4.98. The second-order valence-corrected chi connectivity index (χ2v) is 4.32. The molecule has 20 heavy (non-hydrogen) atoms. The molecular formula is C11H18N6O3. The Morgan fingerprint density at radius 2 is 1.95 bits per heavy atom. The number of carboxylic acids is 1. The van der Waals surface area contributed by atoms with E-state index < -0.39 is 12.0 Å². The van der Waals surface area contributed by atoms with Gasteiger partial charge in [-0.05, 0) is 6.92 Å². The third kappa shape index (κ3) is 4.34.